The first-order valence-corrected chi connectivity index (χ1v) is 6.19. The first-order valence-electron chi connectivity index (χ1n) is 4.62. The molecule has 0 N–H and O–H groups in total. The van der Waals surface area contributed by atoms with Gasteiger partial charge in [0.2, 0.25) is 0 Å². The van der Waals surface area contributed by atoms with Gasteiger partial charge in [-0.1, -0.05) is 23.2 Å². The van der Waals surface area contributed by atoms with Gasteiger partial charge in [-0.25, -0.2) is 4.79 Å². The van der Waals surface area contributed by atoms with Crippen LogP contribution in [0.15, 0.2) is 12.1 Å². The van der Waals surface area contributed by atoms with Crippen LogP contribution in [0, 0.1) is 0 Å². The van der Waals surface area contributed by atoms with Crippen LogP contribution in [0.3, 0.4) is 0 Å². The van der Waals surface area contributed by atoms with E-state index in [-0.39, 0.29) is 0 Å². The third-order valence-corrected chi connectivity index (χ3v) is 3.96. The summed E-state index contributed by atoms with van der Waals surface area (Å²) in [5.41, 5.74) is 0. The third-order valence-electron chi connectivity index (χ3n) is 2.26. The summed E-state index contributed by atoms with van der Waals surface area (Å²) in [7, 11) is 2.85. The predicted molar refractivity (Wildman–Crippen MR) is 69.7 cm³/mol. The highest BCUT2D eigenvalue weighted by Crippen LogP contribution is 2.42. The Bertz CT molecular complexity index is 592. The van der Waals surface area contributed by atoms with E-state index < -0.39 is 5.97 Å². The van der Waals surface area contributed by atoms with E-state index in [9.17, 15) is 4.79 Å². The van der Waals surface area contributed by atoms with Crippen molar-refractivity contribution in [3.8, 4) is 5.75 Å². The molecule has 0 fully saturated rings. The Hall–Kier alpha value is -0.970. The van der Waals surface area contributed by atoms with E-state index in [0.717, 1.165) is 10.1 Å². The van der Waals surface area contributed by atoms with Crippen LogP contribution in [0.4, 0.5) is 0 Å². The number of fused-ring (bicyclic) bond motifs is 1. The van der Waals surface area contributed by atoms with Crippen molar-refractivity contribution in [2.24, 2.45) is 0 Å². The van der Waals surface area contributed by atoms with Crippen molar-refractivity contribution in [3.63, 3.8) is 0 Å². The predicted octanol–water partition coefficient (Wildman–Crippen LogP) is 4.00. The minimum Gasteiger partial charge on any atom is -0.494 e. The van der Waals surface area contributed by atoms with Gasteiger partial charge in [0, 0.05) is 5.39 Å². The molecule has 17 heavy (non-hydrogen) atoms. The van der Waals surface area contributed by atoms with Gasteiger partial charge in [-0.3, -0.25) is 0 Å². The maximum absolute atomic E-state index is 11.5. The summed E-state index contributed by atoms with van der Waals surface area (Å²) in [5, 5.41) is 1.64. The molecule has 0 amide bonds. The Morgan fingerprint density at radius 1 is 1.24 bits per heavy atom. The summed E-state index contributed by atoms with van der Waals surface area (Å²) in [4.78, 5) is 11.9. The fourth-order valence-electron chi connectivity index (χ4n) is 1.49. The van der Waals surface area contributed by atoms with Gasteiger partial charge in [-0.05, 0) is 12.1 Å². The van der Waals surface area contributed by atoms with E-state index in [4.69, 9.17) is 27.9 Å². The second-order valence-electron chi connectivity index (χ2n) is 3.22. The molecule has 0 radical (unpaired) electrons. The number of benzene rings is 1. The molecule has 3 nitrogen and oxygen atoms in total. The number of ether oxygens (including phenoxy) is 2. The van der Waals surface area contributed by atoms with Gasteiger partial charge in [0.25, 0.3) is 0 Å². The molecule has 2 aromatic rings. The van der Waals surface area contributed by atoms with E-state index in [1.165, 1.54) is 25.6 Å². The highest BCUT2D eigenvalue weighted by molar-refractivity contribution is 7.21. The summed E-state index contributed by atoms with van der Waals surface area (Å²) < 4.78 is 10.6. The number of hydrogen-bond donors (Lipinski definition) is 0. The molecule has 0 bridgehead atoms. The van der Waals surface area contributed by atoms with Crippen molar-refractivity contribution < 1.29 is 14.3 Å². The minimum atomic E-state index is -0.402. The van der Waals surface area contributed by atoms with E-state index >= 15 is 0 Å². The van der Waals surface area contributed by atoms with E-state index in [0.29, 0.717) is 20.7 Å². The molecular weight excluding hydrogens is 283 g/mol. The zero-order chi connectivity index (χ0) is 12.6. The lowest BCUT2D eigenvalue weighted by atomic mass is 10.2. The van der Waals surface area contributed by atoms with Crippen molar-refractivity contribution in [1.29, 1.82) is 0 Å². The second-order valence-corrected chi connectivity index (χ2v) is 5.09. The highest BCUT2D eigenvalue weighted by atomic mass is 35.5. The van der Waals surface area contributed by atoms with E-state index in [2.05, 4.69) is 4.74 Å². The van der Waals surface area contributed by atoms with Crippen LogP contribution in [0.1, 0.15) is 9.67 Å². The first-order chi connectivity index (χ1) is 8.08. The molecule has 90 valence electrons. The second kappa shape index (κ2) is 4.72. The molecule has 1 aromatic carbocycles. The van der Waals surface area contributed by atoms with Crippen LogP contribution in [0.5, 0.6) is 5.75 Å². The summed E-state index contributed by atoms with van der Waals surface area (Å²) >= 11 is 13.3. The number of halogens is 2. The molecule has 0 atom stereocenters. The number of hydrogen-bond acceptors (Lipinski definition) is 4. The van der Waals surface area contributed by atoms with Crippen molar-refractivity contribution in [3.05, 3.63) is 27.1 Å². The standard InChI is InChI=1S/C11H8Cl2O3S/c1-15-9-7(13)4-6(12)5-3-8(11(14)16-2)17-10(5)9/h3-4H,1-2H3. The molecule has 1 aromatic heterocycles. The molecule has 0 saturated heterocycles. The lowest BCUT2D eigenvalue weighted by Gasteiger charge is -2.04. The fraction of sp³-hybridized carbons (Fsp3) is 0.182. The SMILES string of the molecule is COC(=O)c1cc2c(Cl)cc(Cl)c(OC)c2s1. The molecule has 2 rings (SSSR count). The first kappa shape index (κ1) is 12.5. The summed E-state index contributed by atoms with van der Waals surface area (Å²) in [6, 6.07) is 3.27. The molecule has 0 aliphatic heterocycles. The summed E-state index contributed by atoms with van der Waals surface area (Å²) in [6.45, 7) is 0. The number of esters is 1. The third kappa shape index (κ3) is 2.08. The maximum atomic E-state index is 11.5. The average molecular weight is 291 g/mol. The smallest absolute Gasteiger partial charge is 0.348 e. The van der Waals surface area contributed by atoms with Crippen molar-refractivity contribution in [2.45, 2.75) is 0 Å². The van der Waals surface area contributed by atoms with Crippen LogP contribution in [-0.2, 0) is 4.74 Å². The summed E-state index contributed by atoms with van der Waals surface area (Å²) in [5.74, 6) is 0.117. The monoisotopic (exact) mass is 290 g/mol. The zero-order valence-corrected chi connectivity index (χ0v) is 11.4. The number of carbonyl (C=O) groups is 1. The van der Waals surface area contributed by atoms with Crippen molar-refractivity contribution >= 4 is 50.6 Å². The van der Waals surface area contributed by atoms with Gasteiger partial charge in [-0.2, -0.15) is 0 Å². The van der Waals surface area contributed by atoms with E-state index in [1.54, 1.807) is 12.1 Å². The number of rotatable bonds is 2. The topological polar surface area (TPSA) is 35.5 Å². The summed E-state index contributed by atoms with van der Waals surface area (Å²) in [6.07, 6.45) is 0. The van der Waals surface area contributed by atoms with Crippen LogP contribution >= 0.6 is 34.5 Å². The Labute approximate surface area is 112 Å². The van der Waals surface area contributed by atoms with Crippen molar-refractivity contribution in [2.75, 3.05) is 14.2 Å². The van der Waals surface area contributed by atoms with Gasteiger partial charge in [0.1, 0.15) is 4.88 Å². The molecule has 1 heterocycles. The average Bonchev–Trinajstić information content (AvgIpc) is 2.73. The van der Waals surface area contributed by atoms with Gasteiger partial charge in [0.15, 0.2) is 5.75 Å². The van der Waals surface area contributed by atoms with E-state index in [1.807, 2.05) is 0 Å². The van der Waals surface area contributed by atoms with Crippen molar-refractivity contribution in [1.82, 2.24) is 0 Å². The minimum absolute atomic E-state index is 0.402. The van der Waals surface area contributed by atoms with Gasteiger partial charge in [0.05, 0.1) is 29.0 Å². The number of carbonyl (C=O) groups excluding carboxylic acids is 1. The van der Waals surface area contributed by atoms with Crippen LogP contribution in [0.25, 0.3) is 10.1 Å². The molecule has 0 aliphatic carbocycles. The Morgan fingerprint density at radius 3 is 2.53 bits per heavy atom. The number of methoxy groups -OCH3 is 2. The highest BCUT2D eigenvalue weighted by Gasteiger charge is 2.17. The fourth-order valence-corrected chi connectivity index (χ4v) is 3.33. The molecular formula is C11H8Cl2O3S. The molecule has 0 aliphatic rings. The van der Waals surface area contributed by atoms with Gasteiger partial charge < -0.3 is 9.47 Å². The maximum Gasteiger partial charge on any atom is 0.348 e. The van der Waals surface area contributed by atoms with Crippen LogP contribution < -0.4 is 4.74 Å². The lowest BCUT2D eigenvalue weighted by molar-refractivity contribution is 0.0606. The normalized spacial score (nSPS) is 10.6. The van der Waals surface area contributed by atoms with Crippen LogP contribution in [-0.4, -0.2) is 20.2 Å². The Kier molecular flexibility index (Phi) is 3.47. The Morgan fingerprint density at radius 2 is 1.94 bits per heavy atom. The molecule has 0 saturated carbocycles. The largest absolute Gasteiger partial charge is 0.494 e. The number of thiophene rings is 1. The zero-order valence-electron chi connectivity index (χ0n) is 9.04. The quantitative estimate of drug-likeness (QED) is 0.784. The molecule has 0 spiro atoms. The van der Waals surface area contributed by atoms with Gasteiger partial charge >= 0.3 is 5.97 Å². The van der Waals surface area contributed by atoms with Gasteiger partial charge in [-0.15, -0.1) is 11.3 Å². The van der Waals surface area contributed by atoms with Crippen LogP contribution in [0.2, 0.25) is 10.0 Å². The Balaban J connectivity index is 2.75. The molecule has 0 unspecified atom stereocenters. The lowest BCUT2D eigenvalue weighted by Crippen LogP contribution is -1.96. The molecule has 6 heteroatoms.